The molecule has 0 saturated carbocycles. The van der Waals surface area contributed by atoms with Crippen molar-refractivity contribution in [2.45, 2.75) is 25.3 Å². The Bertz CT molecular complexity index is 878. The molecular formula is C20H18N2O2. The Balaban J connectivity index is 1.47. The Labute approximate surface area is 140 Å². The van der Waals surface area contributed by atoms with Crippen molar-refractivity contribution in [3.05, 3.63) is 71.6 Å². The van der Waals surface area contributed by atoms with Gasteiger partial charge in [-0.25, -0.2) is 4.98 Å². The van der Waals surface area contributed by atoms with Crippen LogP contribution in [0.25, 0.3) is 17.2 Å². The molecule has 0 radical (unpaired) electrons. The lowest BCUT2D eigenvalue weighted by atomic mass is 9.88. The SMILES string of the molecule is O=C(/C=C/c1nc2ccccc2o1)NC1CCCc2ccccc21. The fourth-order valence-corrected chi connectivity index (χ4v) is 3.23. The van der Waals surface area contributed by atoms with Crippen molar-refractivity contribution in [2.75, 3.05) is 0 Å². The van der Waals surface area contributed by atoms with E-state index in [0.29, 0.717) is 5.89 Å². The molecule has 2 aromatic carbocycles. The molecule has 120 valence electrons. The maximum Gasteiger partial charge on any atom is 0.244 e. The molecule has 1 aliphatic rings. The minimum absolute atomic E-state index is 0.0794. The van der Waals surface area contributed by atoms with Gasteiger partial charge in [-0.1, -0.05) is 36.4 Å². The molecule has 0 aliphatic heterocycles. The van der Waals surface area contributed by atoms with Gasteiger partial charge in [0.2, 0.25) is 11.8 Å². The number of aryl methyl sites for hydroxylation is 1. The van der Waals surface area contributed by atoms with E-state index >= 15 is 0 Å². The zero-order valence-electron chi connectivity index (χ0n) is 13.2. The number of rotatable bonds is 3. The molecule has 3 aromatic rings. The summed E-state index contributed by atoms with van der Waals surface area (Å²) >= 11 is 0. The fourth-order valence-electron chi connectivity index (χ4n) is 3.23. The second kappa shape index (κ2) is 6.32. The number of benzene rings is 2. The van der Waals surface area contributed by atoms with Crippen molar-refractivity contribution in [1.29, 1.82) is 0 Å². The molecule has 1 aromatic heterocycles. The highest BCUT2D eigenvalue weighted by molar-refractivity contribution is 5.91. The van der Waals surface area contributed by atoms with Crippen LogP contribution in [0.15, 0.2) is 59.0 Å². The third kappa shape index (κ3) is 2.95. The van der Waals surface area contributed by atoms with E-state index in [1.165, 1.54) is 17.2 Å². The summed E-state index contributed by atoms with van der Waals surface area (Å²) in [6, 6.07) is 15.9. The van der Waals surface area contributed by atoms with E-state index in [2.05, 4.69) is 28.5 Å². The number of carbonyl (C=O) groups excluding carboxylic acids is 1. The molecule has 1 amide bonds. The molecule has 24 heavy (non-hydrogen) atoms. The van der Waals surface area contributed by atoms with E-state index in [4.69, 9.17) is 4.42 Å². The Kier molecular flexibility index (Phi) is 3.87. The summed E-state index contributed by atoms with van der Waals surface area (Å²) < 4.78 is 5.59. The zero-order valence-corrected chi connectivity index (χ0v) is 13.2. The van der Waals surface area contributed by atoms with E-state index in [1.807, 2.05) is 30.3 Å². The van der Waals surface area contributed by atoms with Crippen molar-refractivity contribution in [1.82, 2.24) is 10.3 Å². The molecule has 1 atom stereocenters. The summed E-state index contributed by atoms with van der Waals surface area (Å²) in [6.07, 6.45) is 6.25. The van der Waals surface area contributed by atoms with Crippen molar-refractivity contribution in [2.24, 2.45) is 0 Å². The van der Waals surface area contributed by atoms with Gasteiger partial charge in [-0.05, 0) is 42.5 Å². The number of hydrogen-bond donors (Lipinski definition) is 1. The standard InChI is InChI=1S/C20H18N2O2/c23-19(12-13-20-22-17-9-3-4-11-18(17)24-20)21-16-10-5-7-14-6-1-2-8-15(14)16/h1-4,6,8-9,11-13,16H,5,7,10H2,(H,21,23)/b13-12+. The van der Waals surface area contributed by atoms with Gasteiger partial charge in [-0.3, -0.25) is 4.79 Å². The number of nitrogens with zero attached hydrogens (tertiary/aromatic N) is 1. The second-order valence-corrected chi connectivity index (χ2v) is 6.01. The summed E-state index contributed by atoms with van der Waals surface area (Å²) in [6.45, 7) is 0. The Morgan fingerprint density at radius 3 is 2.92 bits per heavy atom. The van der Waals surface area contributed by atoms with E-state index in [0.717, 1.165) is 30.4 Å². The smallest absolute Gasteiger partial charge is 0.244 e. The van der Waals surface area contributed by atoms with Gasteiger partial charge < -0.3 is 9.73 Å². The molecule has 1 heterocycles. The van der Waals surface area contributed by atoms with Crippen LogP contribution < -0.4 is 5.32 Å². The Morgan fingerprint density at radius 1 is 1.17 bits per heavy atom. The summed E-state index contributed by atoms with van der Waals surface area (Å²) in [5.74, 6) is 0.314. The van der Waals surface area contributed by atoms with Crippen LogP contribution in [0.5, 0.6) is 0 Å². The van der Waals surface area contributed by atoms with Crippen LogP contribution in [-0.2, 0) is 11.2 Å². The lowest BCUT2D eigenvalue weighted by molar-refractivity contribution is -0.117. The molecule has 0 fully saturated rings. The van der Waals surface area contributed by atoms with Crippen molar-refractivity contribution in [3.63, 3.8) is 0 Å². The minimum Gasteiger partial charge on any atom is -0.437 e. The first kappa shape index (κ1) is 14.7. The van der Waals surface area contributed by atoms with Crippen molar-refractivity contribution >= 4 is 23.1 Å². The average molecular weight is 318 g/mol. The third-order valence-electron chi connectivity index (χ3n) is 4.37. The van der Waals surface area contributed by atoms with E-state index < -0.39 is 0 Å². The number of oxazole rings is 1. The number of nitrogens with one attached hydrogen (secondary N) is 1. The highest BCUT2D eigenvalue weighted by atomic mass is 16.3. The molecule has 4 nitrogen and oxygen atoms in total. The molecule has 4 rings (SSSR count). The molecule has 0 saturated heterocycles. The highest BCUT2D eigenvalue weighted by Gasteiger charge is 2.20. The number of para-hydroxylation sites is 2. The van der Waals surface area contributed by atoms with Gasteiger partial charge in [0.05, 0.1) is 6.04 Å². The molecule has 1 unspecified atom stereocenters. The topological polar surface area (TPSA) is 55.1 Å². The van der Waals surface area contributed by atoms with Gasteiger partial charge in [0.25, 0.3) is 0 Å². The Hall–Kier alpha value is -2.88. The molecule has 1 aliphatic carbocycles. The summed E-state index contributed by atoms with van der Waals surface area (Å²) in [4.78, 5) is 16.6. The fraction of sp³-hybridized carbons (Fsp3) is 0.200. The van der Waals surface area contributed by atoms with Gasteiger partial charge in [0.1, 0.15) is 5.52 Å². The summed E-state index contributed by atoms with van der Waals surface area (Å²) in [5.41, 5.74) is 4.07. The molecular weight excluding hydrogens is 300 g/mol. The number of aromatic nitrogens is 1. The van der Waals surface area contributed by atoms with Crippen molar-refractivity contribution in [3.8, 4) is 0 Å². The number of carbonyl (C=O) groups is 1. The quantitative estimate of drug-likeness (QED) is 0.742. The molecule has 0 spiro atoms. The van der Waals surface area contributed by atoms with Crippen LogP contribution in [0.1, 0.15) is 35.9 Å². The number of hydrogen-bond acceptors (Lipinski definition) is 3. The van der Waals surface area contributed by atoms with Gasteiger partial charge in [-0.15, -0.1) is 0 Å². The van der Waals surface area contributed by atoms with Crippen LogP contribution in [0.3, 0.4) is 0 Å². The van der Waals surface area contributed by atoms with Crippen LogP contribution in [-0.4, -0.2) is 10.9 Å². The van der Waals surface area contributed by atoms with Crippen molar-refractivity contribution < 1.29 is 9.21 Å². The minimum atomic E-state index is -0.126. The maximum atomic E-state index is 12.2. The zero-order chi connectivity index (χ0) is 16.4. The first-order valence-electron chi connectivity index (χ1n) is 8.21. The normalized spacial score (nSPS) is 17.1. The summed E-state index contributed by atoms with van der Waals surface area (Å²) in [5, 5.41) is 3.08. The van der Waals surface area contributed by atoms with E-state index in [1.54, 1.807) is 6.08 Å². The monoisotopic (exact) mass is 318 g/mol. The largest absolute Gasteiger partial charge is 0.437 e. The molecule has 0 bridgehead atoms. The van der Waals surface area contributed by atoms with Gasteiger partial charge in [0, 0.05) is 12.2 Å². The first-order valence-corrected chi connectivity index (χ1v) is 8.21. The van der Waals surface area contributed by atoms with Crippen LogP contribution in [0, 0.1) is 0 Å². The van der Waals surface area contributed by atoms with E-state index in [-0.39, 0.29) is 11.9 Å². The predicted octanol–water partition coefficient (Wildman–Crippen LogP) is 4.03. The molecule has 4 heteroatoms. The molecule has 1 N–H and O–H groups in total. The predicted molar refractivity (Wildman–Crippen MR) is 93.3 cm³/mol. The third-order valence-corrected chi connectivity index (χ3v) is 4.37. The number of fused-ring (bicyclic) bond motifs is 2. The van der Waals surface area contributed by atoms with Crippen LogP contribution >= 0.6 is 0 Å². The lowest BCUT2D eigenvalue weighted by Gasteiger charge is -2.25. The average Bonchev–Trinajstić information content (AvgIpc) is 3.03. The van der Waals surface area contributed by atoms with Gasteiger partial charge in [-0.2, -0.15) is 0 Å². The lowest BCUT2D eigenvalue weighted by Crippen LogP contribution is -2.29. The summed E-state index contributed by atoms with van der Waals surface area (Å²) in [7, 11) is 0. The number of amides is 1. The first-order chi connectivity index (χ1) is 11.8. The highest BCUT2D eigenvalue weighted by Crippen LogP contribution is 2.29. The van der Waals surface area contributed by atoms with Crippen LogP contribution in [0.4, 0.5) is 0 Å². The second-order valence-electron chi connectivity index (χ2n) is 6.01. The van der Waals surface area contributed by atoms with Gasteiger partial charge in [0.15, 0.2) is 5.58 Å². The van der Waals surface area contributed by atoms with Crippen LogP contribution in [0.2, 0.25) is 0 Å². The van der Waals surface area contributed by atoms with Gasteiger partial charge >= 0.3 is 0 Å². The maximum absolute atomic E-state index is 12.2. The Morgan fingerprint density at radius 2 is 2.00 bits per heavy atom. The van der Waals surface area contributed by atoms with E-state index in [9.17, 15) is 4.79 Å².